The number of hydrogen-bond donors (Lipinski definition) is 3. The maximum absolute atomic E-state index is 12.5. The fourth-order valence-corrected chi connectivity index (χ4v) is 4.07. The van der Waals surface area contributed by atoms with Crippen LogP contribution in [0, 0.1) is 0 Å². The van der Waals surface area contributed by atoms with Gasteiger partial charge < -0.3 is 30.3 Å². The lowest BCUT2D eigenvalue weighted by atomic mass is 9.95. The summed E-state index contributed by atoms with van der Waals surface area (Å²) in [6.45, 7) is 6.84. The predicted molar refractivity (Wildman–Crippen MR) is 132 cm³/mol. The van der Waals surface area contributed by atoms with Crippen molar-refractivity contribution in [2.45, 2.75) is 26.8 Å². The van der Waals surface area contributed by atoms with Crippen LogP contribution in [0.2, 0.25) is 0 Å². The zero-order chi connectivity index (χ0) is 24.0. The summed E-state index contributed by atoms with van der Waals surface area (Å²) in [6, 6.07) is 13.6. The number of hydrogen-bond acceptors (Lipinski definition) is 5. The monoisotopic (exact) mass is 468 g/mol. The molecule has 1 heterocycles. The van der Waals surface area contributed by atoms with Crippen molar-refractivity contribution in [3.05, 3.63) is 65.4 Å². The third-order valence-electron chi connectivity index (χ3n) is 5.25. The highest BCUT2D eigenvalue weighted by Gasteiger charge is 2.33. The Morgan fingerprint density at radius 3 is 2.42 bits per heavy atom. The van der Waals surface area contributed by atoms with E-state index in [1.165, 1.54) is 7.11 Å². The maximum Gasteiger partial charge on any atom is 0.337 e. The van der Waals surface area contributed by atoms with Crippen molar-refractivity contribution in [3.8, 4) is 5.75 Å². The first kappa shape index (κ1) is 24.1. The van der Waals surface area contributed by atoms with Crippen molar-refractivity contribution in [2.24, 2.45) is 0 Å². The lowest BCUT2D eigenvalue weighted by molar-refractivity contribution is -0.136. The summed E-state index contributed by atoms with van der Waals surface area (Å²) in [5.41, 5.74) is 3.25. The Bertz CT molecular complexity index is 1070. The van der Waals surface area contributed by atoms with Gasteiger partial charge in [-0.3, -0.25) is 0 Å². The molecular weight excluding hydrogens is 440 g/mol. The largest absolute Gasteiger partial charge is 0.492 e. The van der Waals surface area contributed by atoms with E-state index in [1.807, 2.05) is 49.9 Å². The fourth-order valence-electron chi connectivity index (χ4n) is 3.68. The molecule has 0 aliphatic carbocycles. The van der Waals surface area contributed by atoms with Gasteiger partial charge in [-0.2, -0.15) is 0 Å². The zero-order valence-corrected chi connectivity index (χ0v) is 19.9. The Balaban J connectivity index is 1.77. The molecule has 0 saturated heterocycles. The van der Waals surface area contributed by atoms with Crippen molar-refractivity contribution < 1.29 is 19.1 Å². The van der Waals surface area contributed by atoms with E-state index < -0.39 is 18.0 Å². The van der Waals surface area contributed by atoms with Crippen molar-refractivity contribution in [2.75, 3.05) is 30.9 Å². The summed E-state index contributed by atoms with van der Waals surface area (Å²) in [5.74, 6) is 0.184. The summed E-state index contributed by atoms with van der Waals surface area (Å²) in [5, 5.41) is 9.37. The SMILES string of the molecule is CCOc1ccccc1NC(=O)Nc1ccc([C@@H]2NC(=S)N(CC)C(C)=C2C(=O)OC)cc1. The number of carbonyl (C=O) groups excluding carboxylic acids is 2. The second-order valence-corrected chi connectivity index (χ2v) is 7.63. The number of nitrogens with zero attached hydrogens (tertiary/aromatic N) is 1. The molecule has 0 spiro atoms. The van der Waals surface area contributed by atoms with E-state index in [0.717, 1.165) is 11.3 Å². The van der Waals surface area contributed by atoms with E-state index >= 15 is 0 Å². The second-order valence-electron chi connectivity index (χ2n) is 7.25. The van der Waals surface area contributed by atoms with Gasteiger partial charge in [-0.1, -0.05) is 24.3 Å². The molecule has 1 atom stereocenters. The summed E-state index contributed by atoms with van der Waals surface area (Å²) < 4.78 is 10.6. The molecule has 8 nitrogen and oxygen atoms in total. The van der Waals surface area contributed by atoms with Crippen molar-refractivity contribution in [1.82, 2.24) is 10.2 Å². The van der Waals surface area contributed by atoms with E-state index in [9.17, 15) is 9.59 Å². The van der Waals surface area contributed by atoms with E-state index in [1.54, 1.807) is 24.3 Å². The highest BCUT2D eigenvalue weighted by Crippen LogP contribution is 2.32. The normalized spacial score (nSPS) is 15.6. The lowest BCUT2D eigenvalue weighted by Crippen LogP contribution is -2.47. The number of carbonyl (C=O) groups is 2. The standard InChI is InChI=1S/C24H28N4O4S/c1-5-28-15(3)20(22(29)31-4)21(27-24(28)33)16-11-13-17(14-12-16)25-23(30)26-18-9-7-8-10-19(18)32-6-2/h7-14,21H,5-6H2,1-4H3,(H,27,33)(H2,25,26,30)/t21-/m0/s1. The summed E-state index contributed by atoms with van der Waals surface area (Å²) in [7, 11) is 1.36. The van der Waals surface area contributed by atoms with Gasteiger partial charge in [-0.15, -0.1) is 0 Å². The van der Waals surface area contributed by atoms with Crippen LogP contribution >= 0.6 is 12.2 Å². The van der Waals surface area contributed by atoms with Gasteiger partial charge in [-0.05, 0) is 62.8 Å². The molecule has 1 aliphatic rings. The molecule has 2 aromatic rings. The molecule has 2 aromatic carbocycles. The molecule has 0 unspecified atom stereocenters. The Kier molecular flexibility index (Phi) is 7.89. The Hall–Kier alpha value is -3.59. The van der Waals surface area contributed by atoms with Gasteiger partial charge in [0.15, 0.2) is 5.11 Å². The number of urea groups is 1. The number of benzene rings is 2. The number of nitrogens with one attached hydrogen (secondary N) is 3. The quantitative estimate of drug-likeness (QED) is 0.409. The summed E-state index contributed by atoms with van der Waals surface area (Å²) in [6.07, 6.45) is 0. The number of rotatable bonds is 7. The predicted octanol–water partition coefficient (Wildman–Crippen LogP) is 4.43. The third-order valence-corrected chi connectivity index (χ3v) is 5.59. The average Bonchev–Trinajstić information content (AvgIpc) is 2.80. The van der Waals surface area contributed by atoms with Crippen LogP contribution in [-0.4, -0.2) is 42.3 Å². The zero-order valence-electron chi connectivity index (χ0n) is 19.1. The molecule has 33 heavy (non-hydrogen) atoms. The van der Waals surface area contributed by atoms with E-state index in [0.29, 0.717) is 41.0 Å². The highest BCUT2D eigenvalue weighted by atomic mass is 32.1. The minimum atomic E-state index is -0.450. The van der Waals surface area contributed by atoms with Crippen LogP contribution in [0.5, 0.6) is 5.75 Å². The Morgan fingerprint density at radius 2 is 1.79 bits per heavy atom. The minimum absolute atomic E-state index is 0.392. The maximum atomic E-state index is 12.5. The van der Waals surface area contributed by atoms with Crippen LogP contribution in [-0.2, 0) is 9.53 Å². The molecule has 0 aromatic heterocycles. The molecule has 3 N–H and O–H groups in total. The Labute approximate surface area is 198 Å². The topological polar surface area (TPSA) is 91.9 Å². The van der Waals surface area contributed by atoms with Crippen LogP contribution in [0.3, 0.4) is 0 Å². The van der Waals surface area contributed by atoms with Crippen LogP contribution in [0.1, 0.15) is 32.4 Å². The molecule has 174 valence electrons. The molecule has 9 heteroatoms. The molecule has 1 aliphatic heterocycles. The second kappa shape index (κ2) is 10.8. The number of ether oxygens (including phenoxy) is 2. The molecule has 0 bridgehead atoms. The molecule has 2 amide bonds. The number of anilines is 2. The number of methoxy groups -OCH3 is 1. The highest BCUT2D eigenvalue weighted by molar-refractivity contribution is 7.80. The van der Waals surface area contributed by atoms with Gasteiger partial charge in [0.2, 0.25) is 0 Å². The van der Waals surface area contributed by atoms with Crippen molar-refractivity contribution in [3.63, 3.8) is 0 Å². The first-order chi connectivity index (χ1) is 15.9. The number of para-hydroxylation sites is 2. The number of amides is 2. The number of thiocarbonyl (C=S) groups is 1. The number of allylic oxidation sites excluding steroid dienone is 1. The molecule has 0 radical (unpaired) electrons. The third kappa shape index (κ3) is 5.43. The molecule has 3 rings (SSSR count). The Morgan fingerprint density at radius 1 is 1.09 bits per heavy atom. The van der Waals surface area contributed by atoms with Gasteiger partial charge in [0.05, 0.1) is 31.0 Å². The van der Waals surface area contributed by atoms with Crippen LogP contribution in [0.25, 0.3) is 0 Å². The van der Waals surface area contributed by atoms with Crippen LogP contribution in [0.4, 0.5) is 16.2 Å². The average molecular weight is 469 g/mol. The fraction of sp³-hybridized carbons (Fsp3) is 0.292. The first-order valence-corrected chi connectivity index (χ1v) is 11.1. The van der Waals surface area contributed by atoms with E-state index in [-0.39, 0.29) is 0 Å². The van der Waals surface area contributed by atoms with Crippen LogP contribution < -0.4 is 20.7 Å². The van der Waals surface area contributed by atoms with Gasteiger partial charge in [-0.25, -0.2) is 9.59 Å². The summed E-state index contributed by atoms with van der Waals surface area (Å²) >= 11 is 5.48. The van der Waals surface area contributed by atoms with E-state index in [2.05, 4.69) is 16.0 Å². The molecule has 0 fully saturated rings. The molecular formula is C24H28N4O4S. The lowest BCUT2D eigenvalue weighted by Gasteiger charge is -2.36. The van der Waals surface area contributed by atoms with Gasteiger partial charge in [0, 0.05) is 17.9 Å². The minimum Gasteiger partial charge on any atom is -0.492 e. The first-order valence-electron chi connectivity index (χ1n) is 10.7. The van der Waals surface area contributed by atoms with Crippen LogP contribution in [0.15, 0.2) is 59.8 Å². The smallest absolute Gasteiger partial charge is 0.337 e. The molecule has 0 saturated carbocycles. The van der Waals surface area contributed by atoms with Crippen molar-refractivity contribution >= 4 is 40.7 Å². The van der Waals surface area contributed by atoms with Crippen molar-refractivity contribution in [1.29, 1.82) is 0 Å². The van der Waals surface area contributed by atoms with Gasteiger partial charge in [0.25, 0.3) is 0 Å². The van der Waals surface area contributed by atoms with Gasteiger partial charge >= 0.3 is 12.0 Å². The number of esters is 1. The summed E-state index contributed by atoms with van der Waals surface area (Å²) in [4.78, 5) is 26.9. The van der Waals surface area contributed by atoms with Gasteiger partial charge in [0.1, 0.15) is 5.75 Å². The van der Waals surface area contributed by atoms with E-state index in [4.69, 9.17) is 21.7 Å².